The summed E-state index contributed by atoms with van der Waals surface area (Å²) in [6, 6.07) is 0. The van der Waals surface area contributed by atoms with Crippen LogP contribution >= 0.6 is 0 Å². The minimum absolute atomic E-state index is 0.0267. The van der Waals surface area contributed by atoms with E-state index in [2.05, 4.69) is 4.74 Å². The van der Waals surface area contributed by atoms with Crippen molar-refractivity contribution >= 4 is 6.16 Å². The first-order valence-corrected chi connectivity index (χ1v) is 2.34. The summed E-state index contributed by atoms with van der Waals surface area (Å²) in [5.74, 6) is -4.14. The van der Waals surface area contributed by atoms with E-state index in [-0.39, 0.29) is 6.92 Å². The zero-order valence-corrected chi connectivity index (χ0v) is 5.28. The SMILES string of the molecule is CC(F)(OC(=O)O)C(F)(F)F. The average Bonchev–Trinajstić information content (AvgIpc) is 1.56. The zero-order chi connectivity index (χ0) is 9.28. The number of ether oxygens (including phenoxy) is 1. The number of carbonyl (C=O) groups is 1. The molecule has 0 spiro atoms. The lowest BCUT2D eigenvalue weighted by molar-refractivity contribution is -0.307. The lowest BCUT2D eigenvalue weighted by Gasteiger charge is -2.21. The molecule has 66 valence electrons. The van der Waals surface area contributed by atoms with Crippen LogP contribution in [0.15, 0.2) is 0 Å². The first-order chi connectivity index (χ1) is 4.67. The Kier molecular flexibility index (Phi) is 2.32. The van der Waals surface area contributed by atoms with Crippen LogP contribution in [0.1, 0.15) is 6.92 Å². The van der Waals surface area contributed by atoms with Crippen molar-refractivity contribution in [3.63, 3.8) is 0 Å². The number of alkyl halides is 4. The Bertz CT molecular complexity index is 161. The quantitative estimate of drug-likeness (QED) is 0.490. The van der Waals surface area contributed by atoms with Crippen molar-refractivity contribution < 1.29 is 32.2 Å². The number of hydrogen-bond donors (Lipinski definition) is 1. The number of halogens is 4. The molecule has 11 heavy (non-hydrogen) atoms. The third kappa shape index (κ3) is 2.60. The standard InChI is InChI=1S/C4H4F4O3/c1-3(5,4(6,7)8)11-2(9)10/h1H3,(H,9,10). The van der Waals surface area contributed by atoms with Crippen molar-refractivity contribution in [3.05, 3.63) is 0 Å². The molecule has 0 aromatic heterocycles. The molecule has 3 nitrogen and oxygen atoms in total. The van der Waals surface area contributed by atoms with Gasteiger partial charge in [-0.2, -0.15) is 17.6 Å². The molecule has 1 atom stereocenters. The molecular weight excluding hydrogens is 172 g/mol. The second-order valence-corrected chi connectivity index (χ2v) is 1.78. The molecule has 0 aliphatic rings. The van der Waals surface area contributed by atoms with Gasteiger partial charge >= 0.3 is 18.2 Å². The predicted molar refractivity (Wildman–Crippen MR) is 24.7 cm³/mol. The van der Waals surface area contributed by atoms with Crippen LogP contribution in [0.3, 0.4) is 0 Å². The molecule has 1 unspecified atom stereocenters. The summed E-state index contributed by atoms with van der Waals surface area (Å²) >= 11 is 0. The fourth-order valence-electron chi connectivity index (χ4n) is 0.222. The lowest BCUT2D eigenvalue weighted by atomic mass is 10.3. The summed E-state index contributed by atoms with van der Waals surface area (Å²) in [7, 11) is 0. The van der Waals surface area contributed by atoms with Crippen LogP contribution in [0.5, 0.6) is 0 Å². The van der Waals surface area contributed by atoms with Gasteiger partial charge in [-0.15, -0.1) is 0 Å². The monoisotopic (exact) mass is 176 g/mol. The van der Waals surface area contributed by atoms with Gasteiger partial charge in [0, 0.05) is 6.92 Å². The van der Waals surface area contributed by atoms with Crippen LogP contribution in [0, 0.1) is 0 Å². The summed E-state index contributed by atoms with van der Waals surface area (Å²) in [6.07, 6.45) is -7.65. The molecule has 7 heteroatoms. The lowest BCUT2D eigenvalue weighted by Crippen LogP contribution is -2.41. The van der Waals surface area contributed by atoms with Crippen molar-refractivity contribution in [1.82, 2.24) is 0 Å². The second-order valence-electron chi connectivity index (χ2n) is 1.78. The average molecular weight is 176 g/mol. The molecule has 0 aromatic carbocycles. The number of hydrogen-bond acceptors (Lipinski definition) is 2. The first-order valence-electron chi connectivity index (χ1n) is 2.34. The molecule has 0 amide bonds. The van der Waals surface area contributed by atoms with Gasteiger partial charge in [-0.1, -0.05) is 0 Å². The molecule has 0 saturated heterocycles. The number of rotatable bonds is 1. The van der Waals surface area contributed by atoms with Crippen LogP contribution in [-0.4, -0.2) is 23.3 Å². The van der Waals surface area contributed by atoms with Crippen LogP contribution < -0.4 is 0 Å². The summed E-state index contributed by atoms with van der Waals surface area (Å²) in [5, 5.41) is 7.65. The van der Waals surface area contributed by atoms with E-state index in [0.29, 0.717) is 0 Å². The Balaban J connectivity index is 4.34. The van der Waals surface area contributed by atoms with Gasteiger partial charge in [-0.05, 0) is 0 Å². The Morgan fingerprint density at radius 2 is 1.73 bits per heavy atom. The van der Waals surface area contributed by atoms with Gasteiger partial charge in [0.2, 0.25) is 0 Å². The van der Waals surface area contributed by atoms with Crippen molar-refractivity contribution in [1.29, 1.82) is 0 Å². The Labute approximate surface area is 58.6 Å². The van der Waals surface area contributed by atoms with E-state index in [9.17, 15) is 22.4 Å². The van der Waals surface area contributed by atoms with Gasteiger partial charge in [-0.3, -0.25) is 0 Å². The molecule has 1 N–H and O–H groups in total. The highest BCUT2D eigenvalue weighted by atomic mass is 19.4. The number of carboxylic acid groups (broad SMARTS) is 1. The highest BCUT2D eigenvalue weighted by Gasteiger charge is 2.56. The van der Waals surface area contributed by atoms with Gasteiger partial charge in [0.25, 0.3) is 0 Å². The van der Waals surface area contributed by atoms with E-state index >= 15 is 0 Å². The van der Waals surface area contributed by atoms with Crippen LogP contribution in [0.25, 0.3) is 0 Å². The zero-order valence-electron chi connectivity index (χ0n) is 5.28. The van der Waals surface area contributed by atoms with Gasteiger partial charge in [0.05, 0.1) is 0 Å². The maximum absolute atomic E-state index is 12.1. The van der Waals surface area contributed by atoms with Gasteiger partial charge in [-0.25, -0.2) is 4.79 Å². The van der Waals surface area contributed by atoms with E-state index in [1.807, 2.05) is 0 Å². The summed E-state index contributed by atoms with van der Waals surface area (Å²) in [6.45, 7) is -0.0267. The van der Waals surface area contributed by atoms with Crippen LogP contribution in [0.2, 0.25) is 0 Å². The Morgan fingerprint density at radius 1 is 1.36 bits per heavy atom. The molecular formula is C4H4F4O3. The third-order valence-electron chi connectivity index (χ3n) is 0.785. The maximum atomic E-state index is 12.1. The Hall–Kier alpha value is -1.01. The van der Waals surface area contributed by atoms with Gasteiger partial charge in [0.1, 0.15) is 0 Å². The summed E-state index contributed by atoms with van der Waals surface area (Å²) in [5.41, 5.74) is 0. The molecule has 0 aromatic rings. The largest absolute Gasteiger partial charge is 0.508 e. The summed E-state index contributed by atoms with van der Waals surface area (Å²) in [4.78, 5) is 9.50. The van der Waals surface area contributed by atoms with Crippen molar-refractivity contribution in [2.45, 2.75) is 19.0 Å². The van der Waals surface area contributed by atoms with Crippen LogP contribution in [0.4, 0.5) is 22.4 Å². The minimum atomic E-state index is -5.34. The predicted octanol–water partition coefficient (Wildman–Crippen LogP) is 1.93. The maximum Gasteiger partial charge on any atom is 0.508 e. The molecule has 0 fully saturated rings. The third-order valence-corrected chi connectivity index (χ3v) is 0.785. The van der Waals surface area contributed by atoms with E-state index in [1.165, 1.54) is 0 Å². The minimum Gasteiger partial charge on any atom is -0.450 e. The Morgan fingerprint density at radius 3 is 1.82 bits per heavy atom. The fraction of sp³-hybridized carbons (Fsp3) is 0.750. The van der Waals surface area contributed by atoms with Gasteiger partial charge in [0.15, 0.2) is 0 Å². The van der Waals surface area contributed by atoms with Crippen molar-refractivity contribution in [3.8, 4) is 0 Å². The molecule has 0 saturated carbocycles. The van der Waals surface area contributed by atoms with E-state index < -0.39 is 18.2 Å². The first kappa shape index (κ1) is 9.99. The van der Waals surface area contributed by atoms with Gasteiger partial charge < -0.3 is 9.84 Å². The van der Waals surface area contributed by atoms with Crippen molar-refractivity contribution in [2.24, 2.45) is 0 Å². The molecule has 0 aliphatic carbocycles. The molecule has 0 radical (unpaired) electrons. The van der Waals surface area contributed by atoms with Crippen molar-refractivity contribution in [2.75, 3.05) is 0 Å². The normalized spacial score (nSPS) is 17.2. The fourth-order valence-corrected chi connectivity index (χ4v) is 0.222. The highest BCUT2D eigenvalue weighted by molar-refractivity contribution is 5.57. The van der Waals surface area contributed by atoms with E-state index in [1.54, 1.807) is 0 Å². The molecule has 0 rings (SSSR count). The van der Waals surface area contributed by atoms with E-state index in [0.717, 1.165) is 0 Å². The topological polar surface area (TPSA) is 46.5 Å². The second kappa shape index (κ2) is 2.55. The molecule has 0 heterocycles. The highest BCUT2D eigenvalue weighted by Crippen LogP contribution is 2.34. The van der Waals surface area contributed by atoms with Crippen LogP contribution in [-0.2, 0) is 4.74 Å². The molecule has 0 bridgehead atoms. The smallest absolute Gasteiger partial charge is 0.450 e. The van der Waals surface area contributed by atoms with E-state index in [4.69, 9.17) is 5.11 Å². The summed E-state index contributed by atoms with van der Waals surface area (Å²) < 4.78 is 49.3. The molecule has 0 aliphatic heterocycles.